The summed E-state index contributed by atoms with van der Waals surface area (Å²) in [4.78, 5) is 19.8. The Hall–Kier alpha value is -2.62. The van der Waals surface area contributed by atoms with Crippen LogP contribution in [0.4, 0.5) is 0 Å². The number of hydrogen-bond donors (Lipinski definition) is 0. The fraction of sp³-hybridized carbons (Fsp3) is 0.333. The minimum Gasteiger partial charge on any atom is -0.336 e. The molecule has 0 atom stereocenters. The molecule has 4 nitrogen and oxygen atoms in total. The van der Waals surface area contributed by atoms with E-state index >= 15 is 0 Å². The van der Waals surface area contributed by atoms with Gasteiger partial charge in [0.15, 0.2) is 0 Å². The molecule has 0 spiro atoms. The van der Waals surface area contributed by atoms with E-state index in [1.807, 2.05) is 23.1 Å². The van der Waals surface area contributed by atoms with Gasteiger partial charge in [0.25, 0.3) is 0 Å². The number of rotatable bonds is 3. The lowest BCUT2D eigenvalue weighted by molar-refractivity contribution is -0.132. The van der Waals surface area contributed by atoms with Crippen molar-refractivity contribution >= 4 is 16.9 Å². The number of imidazole rings is 1. The van der Waals surface area contributed by atoms with Gasteiger partial charge in [-0.05, 0) is 42.5 Å². The van der Waals surface area contributed by atoms with Crippen LogP contribution in [0.3, 0.4) is 0 Å². The van der Waals surface area contributed by atoms with Gasteiger partial charge in [-0.15, -0.1) is 0 Å². The molecule has 1 saturated carbocycles. The maximum atomic E-state index is 13.0. The molecule has 3 aromatic rings. The Morgan fingerprint density at radius 1 is 1.04 bits per heavy atom. The summed E-state index contributed by atoms with van der Waals surface area (Å²) >= 11 is 0. The van der Waals surface area contributed by atoms with Crippen molar-refractivity contribution in [1.29, 1.82) is 0 Å². The van der Waals surface area contributed by atoms with Crippen LogP contribution in [0.1, 0.15) is 35.7 Å². The van der Waals surface area contributed by atoms with Gasteiger partial charge in [0.1, 0.15) is 12.4 Å². The highest BCUT2D eigenvalue weighted by molar-refractivity contribution is 5.81. The molecule has 1 aliphatic heterocycles. The normalized spacial score (nSPS) is 16.9. The van der Waals surface area contributed by atoms with Gasteiger partial charge in [-0.3, -0.25) is 4.79 Å². The van der Waals surface area contributed by atoms with E-state index in [9.17, 15) is 4.79 Å². The molecule has 126 valence electrons. The molecule has 1 fully saturated rings. The number of carbonyl (C=O) groups is 1. The topological polar surface area (TPSA) is 38.1 Å². The molecule has 1 aromatic heterocycles. The second kappa shape index (κ2) is 5.73. The summed E-state index contributed by atoms with van der Waals surface area (Å²) in [7, 11) is 0. The second-order valence-electron chi connectivity index (χ2n) is 7.15. The molecule has 1 aliphatic carbocycles. The molecule has 0 radical (unpaired) electrons. The van der Waals surface area contributed by atoms with E-state index in [4.69, 9.17) is 4.98 Å². The number of amides is 1. The first kappa shape index (κ1) is 14.7. The Kier molecular flexibility index (Phi) is 3.37. The smallest absolute Gasteiger partial charge is 0.242 e. The molecule has 0 unspecified atom stereocenters. The first-order valence-corrected chi connectivity index (χ1v) is 9.09. The third-order valence-electron chi connectivity index (χ3n) is 5.40. The van der Waals surface area contributed by atoms with Crippen LogP contribution in [-0.4, -0.2) is 26.9 Å². The van der Waals surface area contributed by atoms with E-state index in [1.54, 1.807) is 0 Å². The van der Waals surface area contributed by atoms with Crippen molar-refractivity contribution < 1.29 is 4.79 Å². The van der Waals surface area contributed by atoms with Crippen molar-refractivity contribution in [3.05, 3.63) is 65.5 Å². The number of aromatic nitrogens is 2. The number of para-hydroxylation sites is 2. The Morgan fingerprint density at radius 2 is 1.80 bits per heavy atom. The van der Waals surface area contributed by atoms with Crippen molar-refractivity contribution in [2.24, 2.45) is 0 Å². The molecule has 5 rings (SSSR count). The molecule has 0 saturated heterocycles. The lowest BCUT2D eigenvalue weighted by atomic mass is 10.00. The molecule has 0 N–H and O–H groups in total. The van der Waals surface area contributed by atoms with E-state index in [2.05, 4.69) is 34.9 Å². The summed E-state index contributed by atoms with van der Waals surface area (Å²) in [5.41, 5.74) is 4.73. The van der Waals surface area contributed by atoms with Crippen molar-refractivity contribution in [3.8, 4) is 0 Å². The van der Waals surface area contributed by atoms with E-state index < -0.39 is 0 Å². The Morgan fingerprint density at radius 3 is 2.64 bits per heavy atom. The summed E-state index contributed by atoms with van der Waals surface area (Å²) in [5.74, 6) is 1.81. The van der Waals surface area contributed by atoms with E-state index in [0.29, 0.717) is 12.5 Å². The zero-order chi connectivity index (χ0) is 16.8. The second-order valence-corrected chi connectivity index (χ2v) is 7.15. The summed E-state index contributed by atoms with van der Waals surface area (Å²) < 4.78 is 2.15. The van der Waals surface area contributed by atoms with Gasteiger partial charge < -0.3 is 9.47 Å². The SMILES string of the molecule is O=C(Cn1c(C2CC2)nc2ccccc21)N1CCc2ccccc2C1. The quantitative estimate of drug-likeness (QED) is 0.737. The summed E-state index contributed by atoms with van der Waals surface area (Å²) in [6.07, 6.45) is 3.32. The van der Waals surface area contributed by atoms with Crippen LogP contribution in [0.25, 0.3) is 11.0 Å². The molecule has 4 heteroatoms. The van der Waals surface area contributed by atoms with E-state index in [0.717, 1.165) is 36.4 Å². The van der Waals surface area contributed by atoms with Crippen molar-refractivity contribution in [2.45, 2.75) is 38.3 Å². The third kappa shape index (κ3) is 2.62. The van der Waals surface area contributed by atoms with Gasteiger partial charge in [-0.1, -0.05) is 36.4 Å². The molecular weight excluding hydrogens is 310 g/mol. The molecule has 2 aromatic carbocycles. The summed E-state index contributed by atoms with van der Waals surface area (Å²) in [6, 6.07) is 16.6. The fourth-order valence-corrected chi connectivity index (χ4v) is 3.86. The number of nitrogens with zero attached hydrogens (tertiary/aromatic N) is 3. The first-order chi connectivity index (χ1) is 12.3. The molecule has 2 aliphatic rings. The monoisotopic (exact) mass is 331 g/mol. The van der Waals surface area contributed by atoms with Gasteiger partial charge in [0, 0.05) is 19.0 Å². The maximum absolute atomic E-state index is 13.0. The average molecular weight is 331 g/mol. The predicted molar refractivity (Wildman–Crippen MR) is 97.3 cm³/mol. The molecule has 25 heavy (non-hydrogen) atoms. The minimum atomic E-state index is 0.194. The van der Waals surface area contributed by atoms with Crippen molar-refractivity contribution in [1.82, 2.24) is 14.5 Å². The lowest BCUT2D eigenvalue weighted by Gasteiger charge is -2.29. The number of fused-ring (bicyclic) bond motifs is 2. The third-order valence-corrected chi connectivity index (χ3v) is 5.40. The lowest BCUT2D eigenvalue weighted by Crippen LogP contribution is -2.38. The molecule has 0 bridgehead atoms. The zero-order valence-corrected chi connectivity index (χ0v) is 14.2. The molecular formula is C21H21N3O. The van der Waals surface area contributed by atoms with E-state index in [1.165, 1.54) is 24.0 Å². The standard InChI is InChI=1S/C21H21N3O/c25-20(23-12-11-15-5-1-2-6-17(15)13-23)14-24-19-8-4-3-7-18(19)22-21(24)16-9-10-16/h1-8,16H,9-14H2. The van der Waals surface area contributed by atoms with Crippen LogP contribution in [0.2, 0.25) is 0 Å². The van der Waals surface area contributed by atoms with Crippen LogP contribution in [0.15, 0.2) is 48.5 Å². The minimum absolute atomic E-state index is 0.194. The van der Waals surface area contributed by atoms with Gasteiger partial charge in [0.05, 0.1) is 11.0 Å². The van der Waals surface area contributed by atoms with Crippen molar-refractivity contribution in [3.63, 3.8) is 0 Å². The molecule has 1 amide bonds. The van der Waals surface area contributed by atoms with Crippen LogP contribution in [0, 0.1) is 0 Å². The number of hydrogen-bond acceptors (Lipinski definition) is 2. The maximum Gasteiger partial charge on any atom is 0.242 e. The highest BCUT2D eigenvalue weighted by atomic mass is 16.2. The first-order valence-electron chi connectivity index (χ1n) is 9.09. The van der Waals surface area contributed by atoms with Crippen LogP contribution in [0.5, 0.6) is 0 Å². The highest BCUT2D eigenvalue weighted by Crippen LogP contribution is 2.40. The van der Waals surface area contributed by atoms with E-state index in [-0.39, 0.29) is 5.91 Å². The number of carbonyl (C=O) groups excluding carboxylic acids is 1. The highest BCUT2D eigenvalue weighted by Gasteiger charge is 2.31. The zero-order valence-electron chi connectivity index (χ0n) is 14.2. The van der Waals surface area contributed by atoms with Gasteiger partial charge in [-0.2, -0.15) is 0 Å². The molecule has 2 heterocycles. The van der Waals surface area contributed by atoms with Gasteiger partial charge in [0.2, 0.25) is 5.91 Å². The predicted octanol–water partition coefficient (Wildman–Crippen LogP) is 3.50. The van der Waals surface area contributed by atoms with Crippen LogP contribution in [-0.2, 0) is 24.3 Å². The largest absolute Gasteiger partial charge is 0.336 e. The van der Waals surface area contributed by atoms with Gasteiger partial charge in [-0.25, -0.2) is 4.98 Å². The fourth-order valence-electron chi connectivity index (χ4n) is 3.86. The average Bonchev–Trinajstić information content (AvgIpc) is 3.44. The summed E-state index contributed by atoms with van der Waals surface area (Å²) in [5, 5.41) is 0. The number of benzene rings is 2. The van der Waals surface area contributed by atoms with Crippen LogP contribution >= 0.6 is 0 Å². The Labute approximate surface area is 147 Å². The van der Waals surface area contributed by atoms with Gasteiger partial charge >= 0.3 is 0 Å². The Balaban J connectivity index is 1.43. The summed E-state index contributed by atoms with van der Waals surface area (Å²) in [6.45, 7) is 1.93. The van der Waals surface area contributed by atoms with Crippen LogP contribution < -0.4 is 0 Å². The Bertz CT molecular complexity index is 955. The van der Waals surface area contributed by atoms with Crippen molar-refractivity contribution in [2.75, 3.05) is 6.54 Å².